The molecule has 0 radical (unpaired) electrons. The molecule has 5 heteroatoms. The van der Waals surface area contributed by atoms with Gasteiger partial charge in [-0.2, -0.15) is 5.10 Å². The Labute approximate surface area is 128 Å². The van der Waals surface area contributed by atoms with E-state index >= 15 is 0 Å². The topological polar surface area (TPSA) is 44.1 Å². The van der Waals surface area contributed by atoms with E-state index in [2.05, 4.69) is 5.10 Å². The van der Waals surface area contributed by atoms with E-state index in [1.165, 1.54) is 0 Å². The van der Waals surface area contributed by atoms with Gasteiger partial charge >= 0.3 is 0 Å². The predicted molar refractivity (Wildman–Crippen MR) is 80.5 cm³/mol. The van der Waals surface area contributed by atoms with Crippen LogP contribution < -0.4 is 0 Å². The zero-order valence-corrected chi connectivity index (χ0v) is 12.4. The summed E-state index contributed by atoms with van der Waals surface area (Å²) in [6.45, 7) is 0.897. The van der Waals surface area contributed by atoms with Crippen LogP contribution in [0.25, 0.3) is 0 Å². The number of hydrogen-bond donors (Lipinski definition) is 0. The molecule has 0 bridgehead atoms. The van der Waals surface area contributed by atoms with Crippen LogP contribution in [-0.4, -0.2) is 21.4 Å². The number of ketones is 1. The van der Waals surface area contributed by atoms with Gasteiger partial charge in [-0.3, -0.25) is 9.48 Å². The minimum Gasteiger partial charge on any atom is -0.370 e. The summed E-state index contributed by atoms with van der Waals surface area (Å²) < 4.78 is 7.68. The monoisotopic (exact) mass is 304 g/mol. The highest BCUT2D eigenvalue weighted by atomic mass is 35.5. The molecule has 4 nitrogen and oxygen atoms in total. The summed E-state index contributed by atoms with van der Waals surface area (Å²) in [6.07, 6.45) is 3.84. The SMILES string of the molecule is O=C(CCl)c1cnn(C2CC2)c1COCc1ccccc1. The molecular weight excluding hydrogens is 288 g/mol. The molecule has 0 spiro atoms. The summed E-state index contributed by atoms with van der Waals surface area (Å²) in [5, 5.41) is 4.33. The molecule has 0 atom stereocenters. The number of carbonyl (C=O) groups excluding carboxylic acids is 1. The average Bonchev–Trinajstić information content (AvgIpc) is 3.28. The number of ether oxygens (including phenoxy) is 1. The van der Waals surface area contributed by atoms with Gasteiger partial charge in [-0.15, -0.1) is 11.6 Å². The van der Waals surface area contributed by atoms with Crippen molar-refractivity contribution in [2.45, 2.75) is 32.1 Å². The lowest BCUT2D eigenvalue weighted by atomic mass is 10.2. The third-order valence-electron chi connectivity index (χ3n) is 3.56. The van der Waals surface area contributed by atoms with Crippen molar-refractivity contribution in [1.82, 2.24) is 9.78 Å². The molecule has 1 aromatic carbocycles. The Balaban J connectivity index is 1.71. The van der Waals surface area contributed by atoms with Crippen LogP contribution in [0.5, 0.6) is 0 Å². The summed E-state index contributed by atoms with van der Waals surface area (Å²) in [4.78, 5) is 11.9. The molecule has 1 aromatic heterocycles. The molecule has 0 N–H and O–H groups in total. The fraction of sp³-hybridized carbons (Fsp3) is 0.375. The molecule has 0 aliphatic heterocycles. The quantitative estimate of drug-likeness (QED) is 0.582. The molecule has 0 unspecified atom stereocenters. The fourth-order valence-corrected chi connectivity index (χ4v) is 2.45. The van der Waals surface area contributed by atoms with Crippen molar-refractivity contribution in [3.05, 3.63) is 53.3 Å². The molecule has 0 saturated heterocycles. The van der Waals surface area contributed by atoms with Gasteiger partial charge in [0.25, 0.3) is 0 Å². The summed E-state index contributed by atoms with van der Waals surface area (Å²) in [5.74, 6) is -0.121. The van der Waals surface area contributed by atoms with E-state index in [1.807, 2.05) is 35.0 Å². The second kappa shape index (κ2) is 6.41. The largest absolute Gasteiger partial charge is 0.370 e. The van der Waals surface area contributed by atoms with Gasteiger partial charge in [-0.05, 0) is 18.4 Å². The number of alkyl halides is 1. The molecule has 3 rings (SSSR count). The van der Waals surface area contributed by atoms with Gasteiger partial charge in [0.05, 0.1) is 42.6 Å². The number of nitrogens with zero attached hydrogens (tertiary/aromatic N) is 2. The highest BCUT2D eigenvalue weighted by molar-refractivity contribution is 6.30. The Bertz CT molecular complexity index is 620. The van der Waals surface area contributed by atoms with Crippen LogP contribution in [0.15, 0.2) is 36.5 Å². The smallest absolute Gasteiger partial charge is 0.181 e. The van der Waals surface area contributed by atoms with E-state index in [4.69, 9.17) is 16.3 Å². The molecule has 1 fully saturated rings. The molecule has 21 heavy (non-hydrogen) atoms. The molecular formula is C16H17ClN2O2. The van der Waals surface area contributed by atoms with Gasteiger partial charge < -0.3 is 4.74 Å². The lowest BCUT2D eigenvalue weighted by molar-refractivity contribution is 0.0954. The maximum atomic E-state index is 11.9. The van der Waals surface area contributed by atoms with Crippen LogP contribution in [0.1, 0.15) is 40.5 Å². The number of carbonyl (C=O) groups is 1. The maximum absolute atomic E-state index is 11.9. The van der Waals surface area contributed by atoms with Crippen LogP contribution in [0.3, 0.4) is 0 Å². The van der Waals surface area contributed by atoms with Crippen molar-refractivity contribution in [2.75, 3.05) is 5.88 Å². The summed E-state index contributed by atoms with van der Waals surface area (Å²) >= 11 is 5.67. The third-order valence-corrected chi connectivity index (χ3v) is 3.81. The van der Waals surface area contributed by atoms with Gasteiger partial charge in [0.15, 0.2) is 5.78 Å². The second-order valence-electron chi connectivity index (χ2n) is 5.22. The average molecular weight is 305 g/mol. The molecule has 1 aliphatic carbocycles. The van der Waals surface area contributed by atoms with Gasteiger partial charge in [0.1, 0.15) is 0 Å². The first-order valence-electron chi connectivity index (χ1n) is 7.07. The van der Waals surface area contributed by atoms with Crippen LogP contribution in [-0.2, 0) is 18.0 Å². The van der Waals surface area contributed by atoms with Gasteiger partial charge in [0, 0.05) is 0 Å². The Morgan fingerprint density at radius 1 is 1.29 bits per heavy atom. The number of aromatic nitrogens is 2. The van der Waals surface area contributed by atoms with Crippen molar-refractivity contribution in [3.63, 3.8) is 0 Å². The predicted octanol–water partition coefficient (Wildman–Crippen LogP) is 3.36. The normalized spacial score (nSPS) is 14.3. The number of Topliss-reactive ketones (excluding diaryl/α,β-unsaturated/α-hetero) is 1. The van der Waals surface area contributed by atoms with E-state index in [9.17, 15) is 4.79 Å². The second-order valence-corrected chi connectivity index (χ2v) is 5.48. The minimum absolute atomic E-state index is 0.0257. The lowest BCUT2D eigenvalue weighted by Gasteiger charge is -2.09. The van der Waals surface area contributed by atoms with E-state index < -0.39 is 0 Å². The summed E-state index contributed by atoms with van der Waals surface area (Å²) in [7, 11) is 0. The highest BCUT2D eigenvalue weighted by Gasteiger charge is 2.29. The van der Waals surface area contributed by atoms with Crippen LogP contribution in [0.2, 0.25) is 0 Å². The van der Waals surface area contributed by atoms with Crippen molar-refractivity contribution in [2.24, 2.45) is 0 Å². The Morgan fingerprint density at radius 2 is 2.05 bits per heavy atom. The van der Waals surface area contributed by atoms with E-state index in [0.29, 0.717) is 24.8 Å². The van der Waals surface area contributed by atoms with Crippen LogP contribution >= 0.6 is 11.6 Å². The molecule has 1 heterocycles. The lowest BCUT2D eigenvalue weighted by Crippen LogP contribution is -2.10. The first kappa shape index (κ1) is 14.3. The standard InChI is InChI=1S/C16H17ClN2O2/c17-8-16(20)14-9-18-19(13-6-7-13)15(14)11-21-10-12-4-2-1-3-5-12/h1-5,9,13H,6-8,10-11H2. The first-order chi connectivity index (χ1) is 10.3. The molecule has 2 aromatic rings. The van der Waals surface area contributed by atoms with E-state index in [1.54, 1.807) is 6.20 Å². The summed E-state index contributed by atoms with van der Waals surface area (Å²) in [6, 6.07) is 10.4. The van der Waals surface area contributed by atoms with Gasteiger partial charge in [-0.25, -0.2) is 0 Å². The third kappa shape index (κ3) is 3.34. The first-order valence-corrected chi connectivity index (χ1v) is 7.60. The van der Waals surface area contributed by atoms with E-state index in [0.717, 1.165) is 24.1 Å². The van der Waals surface area contributed by atoms with E-state index in [-0.39, 0.29) is 11.7 Å². The van der Waals surface area contributed by atoms with Crippen LogP contribution in [0, 0.1) is 0 Å². The number of benzene rings is 1. The van der Waals surface area contributed by atoms with Gasteiger partial charge in [-0.1, -0.05) is 30.3 Å². The van der Waals surface area contributed by atoms with Gasteiger partial charge in [0.2, 0.25) is 0 Å². The Kier molecular flexibility index (Phi) is 4.36. The zero-order valence-electron chi connectivity index (χ0n) is 11.7. The molecule has 110 valence electrons. The summed E-state index contributed by atoms with van der Waals surface area (Å²) in [5.41, 5.74) is 2.55. The Hall–Kier alpha value is -1.65. The van der Waals surface area contributed by atoms with Crippen molar-refractivity contribution in [1.29, 1.82) is 0 Å². The minimum atomic E-state index is -0.0955. The number of hydrogen-bond acceptors (Lipinski definition) is 3. The number of rotatable bonds is 7. The van der Waals surface area contributed by atoms with Crippen molar-refractivity contribution < 1.29 is 9.53 Å². The number of halogens is 1. The maximum Gasteiger partial charge on any atom is 0.181 e. The Morgan fingerprint density at radius 3 is 2.71 bits per heavy atom. The van der Waals surface area contributed by atoms with Crippen molar-refractivity contribution in [3.8, 4) is 0 Å². The molecule has 1 saturated carbocycles. The van der Waals surface area contributed by atoms with Crippen molar-refractivity contribution >= 4 is 17.4 Å². The fourth-order valence-electron chi connectivity index (χ4n) is 2.31. The zero-order chi connectivity index (χ0) is 14.7. The highest BCUT2D eigenvalue weighted by Crippen LogP contribution is 2.36. The molecule has 0 amide bonds. The van der Waals surface area contributed by atoms with Crippen LogP contribution in [0.4, 0.5) is 0 Å². The molecule has 1 aliphatic rings.